The van der Waals surface area contributed by atoms with Crippen molar-refractivity contribution in [3.05, 3.63) is 20.8 Å². The van der Waals surface area contributed by atoms with Crippen molar-refractivity contribution in [3.8, 4) is 0 Å². The van der Waals surface area contributed by atoms with E-state index in [1.807, 2.05) is 20.8 Å². The molecule has 0 unspecified atom stereocenters. The molecule has 27 heavy (non-hydrogen) atoms. The van der Waals surface area contributed by atoms with Crippen LogP contribution < -0.4 is 10.9 Å². The SMILES string of the molecule is CCNC(=O)[C@@H](C)Sc1nc2sc(C)c(CC)c2c(=O)n1C[C@H]1CCCO1. The monoisotopic (exact) mass is 409 g/mol. The van der Waals surface area contributed by atoms with E-state index < -0.39 is 0 Å². The molecule has 0 spiro atoms. The maximum absolute atomic E-state index is 13.4. The molecular weight excluding hydrogens is 382 g/mol. The molecule has 1 amide bonds. The van der Waals surface area contributed by atoms with E-state index in [1.165, 1.54) is 11.8 Å². The summed E-state index contributed by atoms with van der Waals surface area (Å²) in [7, 11) is 0. The molecule has 0 aliphatic carbocycles. The standard InChI is InChI=1S/C19H27N3O3S2/c1-5-14-11(3)26-17-15(14)18(24)22(10-13-8-7-9-25-13)19(21-17)27-12(4)16(23)20-6-2/h12-13H,5-10H2,1-4H3,(H,20,23)/t12-,13-/m1/s1. The zero-order valence-corrected chi connectivity index (χ0v) is 18.0. The highest BCUT2D eigenvalue weighted by Crippen LogP contribution is 2.31. The summed E-state index contributed by atoms with van der Waals surface area (Å²) < 4.78 is 7.48. The molecule has 1 N–H and O–H groups in total. The number of aromatic nitrogens is 2. The number of hydrogen-bond acceptors (Lipinski definition) is 6. The average Bonchev–Trinajstić information content (AvgIpc) is 3.25. The molecule has 1 aliphatic heterocycles. The maximum atomic E-state index is 13.4. The van der Waals surface area contributed by atoms with Gasteiger partial charge in [0.05, 0.1) is 23.3 Å². The molecule has 0 aromatic carbocycles. The van der Waals surface area contributed by atoms with E-state index >= 15 is 0 Å². The Labute approximate surface area is 167 Å². The van der Waals surface area contributed by atoms with E-state index in [2.05, 4.69) is 12.2 Å². The molecule has 0 saturated carbocycles. The molecule has 2 aromatic heterocycles. The van der Waals surface area contributed by atoms with Gasteiger partial charge in [-0.2, -0.15) is 0 Å². The van der Waals surface area contributed by atoms with Crippen LogP contribution in [0.3, 0.4) is 0 Å². The van der Waals surface area contributed by atoms with Crippen LogP contribution in [-0.2, 0) is 22.5 Å². The third kappa shape index (κ3) is 4.22. The predicted octanol–water partition coefficient (Wildman–Crippen LogP) is 3.12. The molecule has 2 aromatic rings. The van der Waals surface area contributed by atoms with Gasteiger partial charge in [-0.05, 0) is 45.6 Å². The van der Waals surface area contributed by atoms with Crippen LogP contribution >= 0.6 is 23.1 Å². The molecule has 1 saturated heterocycles. The fourth-order valence-electron chi connectivity index (χ4n) is 3.43. The van der Waals surface area contributed by atoms with Gasteiger partial charge in [-0.15, -0.1) is 11.3 Å². The minimum Gasteiger partial charge on any atom is -0.376 e. The van der Waals surface area contributed by atoms with Crippen molar-refractivity contribution < 1.29 is 9.53 Å². The van der Waals surface area contributed by atoms with E-state index in [4.69, 9.17) is 9.72 Å². The van der Waals surface area contributed by atoms with Crippen LogP contribution in [0.15, 0.2) is 9.95 Å². The quantitative estimate of drug-likeness (QED) is 0.562. The van der Waals surface area contributed by atoms with Crippen molar-refractivity contribution in [2.24, 2.45) is 0 Å². The first-order valence-electron chi connectivity index (χ1n) is 9.55. The third-order valence-electron chi connectivity index (χ3n) is 4.84. The Morgan fingerprint density at radius 1 is 1.48 bits per heavy atom. The lowest BCUT2D eigenvalue weighted by Crippen LogP contribution is -2.33. The summed E-state index contributed by atoms with van der Waals surface area (Å²) in [5, 5.41) is 3.84. The number of nitrogens with zero attached hydrogens (tertiary/aromatic N) is 2. The molecule has 8 heteroatoms. The highest BCUT2D eigenvalue weighted by molar-refractivity contribution is 8.00. The summed E-state index contributed by atoms with van der Waals surface area (Å²) in [5.41, 5.74) is 1.07. The predicted molar refractivity (Wildman–Crippen MR) is 111 cm³/mol. The van der Waals surface area contributed by atoms with Crippen LogP contribution in [0.5, 0.6) is 0 Å². The number of rotatable bonds is 7. The normalized spacial score (nSPS) is 18.1. The Balaban J connectivity index is 2.06. The second-order valence-corrected chi connectivity index (χ2v) is 9.28. The molecule has 6 nitrogen and oxygen atoms in total. The van der Waals surface area contributed by atoms with Gasteiger partial charge in [0.2, 0.25) is 5.91 Å². The van der Waals surface area contributed by atoms with Gasteiger partial charge in [-0.1, -0.05) is 18.7 Å². The summed E-state index contributed by atoms with van der Waals surface area (Å²) in [6, 6.07) is 0. The molecule has 0 radical (unpaired) electrons. The number of carbonyl (C=O) groups is 1. The minimum absolute atomic E-state index is 0.0118. The summed E-state index contributed by atoms with van der Waals surface area (Å²) in [5.74, 6) is -0.0443. The summed E-state index contributed by atoms with van der Waals surface area (Å²) in [6.45, 7) is 9.67. The van der Waals surface area contributed by atoms with Gasteiger partial charge >= 0.3 is 0 Å². The second kappa shape index (κ2) is 8.75. The van der Waals surface area contributed by atoms with Gasteiger partial charge in [0.25, 0.3) is 5.56 Å². The number of carbonyl (C=O) groups excluding carboxylic acids is 1. The molecule has 0 bridgehead atoms. The minimum atomic E-state index is -0.322. The lowest BCUT2D eigenvalue weighted by molar-refractivity contribution is -0.120. The first-order chi connectivity index (χ1) is 13.0. The van der Waals surface area contributed by atoms with Gasteiger partial charge in [0, 0.05) is 18.0 Å². The van der Waals surface area contributed by atoms with E-state index in [0.29, 0.717) is 18.2 Å². The lowest BCUT2D eigenvalue weighted by Gasteiger charge is -2.18. The lowest BCUT2D eigenvalue weighted by atomic mass is 10.1. The Kier molecular flexibility index (Phi) is 6.60. The van der Waals surface area contributed by atoms with Crippen LogP contribution in [0.1, 0.15) is 44.1 Å². The van der Waals surface area contributed by atoms with Crippen LogP contribution in [0.25, 0.3) is 10.2 Å². The summed E-state index contributed by atoms with van der Waals surface area (Å²) >= 11 is 2.90. The van der Waals surface area contributed by atoms with E-state index in [-0.39, 0.29) is 22.8 Å². The highest BCUT2D eigenvalue weighted by atomic mass is 32.2. The fourth-order valence-corrected chi connectivity index (χ4v) is 5.53. The fraction of sp³-hybridized carbons (Fsp3) is 0.632. The van der Waals surface area contributed by atoms with E-state index in [9.17, 15) is 9.59 Å². The van der Waals surface area contributed by atoms with Crippen molar-refractivity contribution in [2.75, 3.05) is 13.2 Å². The van der Waals surface area contributed by atoms with Crippen molar-refractivity contribution >= 4 is 39.2 Å². The van der Waals surface area contributed by atoms with Crippen LogP contribution in [0.2, 0.25) is 0 Å². The van der Waals surface area contributed by atoms with Crippen LogP contribution in [0, 0.1) is 6.92 Å². The van der Waals surface area contributed by atoms with Crippen LogP contribution in [0.4, 0.5) is 0 Å². The van der Waals surface area contributed by atoms with Crippen molar-refractivity contribution in [3.63, 3.8) is 0 Å². The molecule has 1 aliphatic rings. The highest BCUT2D eigenvalue weighted by Gasteiger charge is 2.24. The average molecular weight is 410 g/mol. The zero-order valence-electron chi connectivity index (χ0n) is 16.3. The first-order valence-corrected chi connectivity index (χ1v) is 11.2. The number of aryl methyl sites for hydroxylation is 2. The number of amides is 1. The molecule has 1 fully saturated rings. The number of fused-ring (bicyclic) bond motifs is 1. The molecule has 148 valence electrons. The Morgan fingerprint density at radius 3 is 2.89 bits per heavy atom. The van der Waals surface area contributed by atoms with Gasteiger partial charge in [-0.3, -0.25) is 14.2 Å². The topological polar surface area (TPSA) is 73.2 Å². The van der Waals surface area contributed by atoms with Crippen molar-refractivity contribution in [2.45, 2.75) is 70.0 Å². The van der Waals surface area contributed by atoms with Gasteiger partial charge < -0.3 is 10.1 Å². The van der Waals surface area contributed by atoms with Gasteiger partial charge in [-0.25, -0.2) is 4.98 Å². The number of nitrogens with one attached hydrogen (secondary N) is 1. The first kappa shape index (κ1) is 20.4. The zero-order chi connectivity index (χ0) is 19.6. The van der Waals surface area contributed by atoms with Gasteiger partial charge in [0.15, 0.2) is 5.16 Å². The largest absolute Gasteiger partial charge is 0.376 e. The number of thioether (sulfide) groups is 1. The van der Waals surface area contributed by atoms with Crippen molar-refractivity contribution in [1.29, 1.82) is 0 Å². The number of thiophene rings is 1. The Morgan fingerprint density at radius 2 is 2.26 bits per heavy atom. The summed E-state index contributed by atoms with van der Waals surface area (Å²) in [4.78, 5) is 32.3. The van der Waals surface area contributed by atoms with E-state index in [0.717, 1.165) is 46.5 Å². The van der Waals surface area contributed by atoms with Crippen molar-refractivity contribution in [1.82, 2.24) is 14.9 Å². The Bertz CT molecular complexity index is 884. The maximum Gasteiger partial charge on any atom is 0.263 e. The van der Waals surface area contributed by atoms with Crippen LogP contribution in [-0.4, -0.2) is 40.0 Å². The second-order valence-electron chi connectivity index (χ2n) is 6.77. The smallest absolute Gasteiger partial charge is 0.263 e. The molecule has 3 rings (SSSR count). The Hall–Kier alpha value is -1.38. The molecule has 3 heterocycles. The summed E-state index contributed by atoms with van der Waals surface area (Å²) in [6.07, 6.45) is 2.81. The van der Waals surface area contributed by atoms with E-state index in [1.54, 1.807) is 15.9 Å². The molecular formula is C19H27N3O3S2. The van der Waals surface area contributed by atoms with Gasteiger partial charge in [0.1, 0.15) is 4.83 Å². The molecule has 2 atom stereocenters. The number of hydrogen-bond donors (Lipinski definition) is 1. The number of ether oxygens (including phenoxy) is 1. The third-order valence-corrected chi connectivity index (χ3v) is 6.98.